The van der Waals surface area contributed by atoms with E-state index in [-0.39, 0.29) is 40.9 Å². The molecule has 0 N–H and O–H groups in total. The van der Waals surface area contributed by atoms with Crippen molar-refractivity contribution in [3.63, 3.8) is 0 Å². The quantitative estimate of drug-likeness (QED) is 0.376. The van der Waals surface area contributed by atoms with Crippen LogP contribution in [0.2, 0.25) is 0 Å². The Balaban J connectivity index is 1.30. The number of rotatable bonds is 3. The second kappa shape index (κ2) is 8.47. The molecule has 0 heterocycles. The summed E-state index contributed by atoms with van der Waals surface area (Å²) in [5, 5.41) is 0. The topological polar surface area (TPSA) is 52.6 Å². The third-order valence-electron chi connectivity index (χ3n) is 10.5. The van der Waals surface area contributed by atoms with Gasteiger partial charge in [-0.1, -0.05) is 31.9 Å². The first kappa shape index (κ1) is 22.5. The fraction of sp³-hybridized carbons (Fsp3) is 0.857. The van der Waals surface area contributed by atoms with E-state index in [1.807, 2.05) is 0 Å². The smallest absolute Gasteiger partial charge is 0.309 e. The number of ether oxygens (including phenoxy) is 2. The second-order valence-corrected chi connectivity index (χ2v) is 12.1. The Kier molecular flexibility index (Phi) is 5.95. The van der Waals surface area contributed by atoms with Gasteiger partial charge in [0.1, 0.15) is 12.2 Å². The highest BCUT2D eigenvalue weighted by atomic mass is 16.5. The Morgan fingerprint density at radius 3 is 2.41 bits per heavy atom. The van der Waals surface area contributed by atoms with Crippen molar-refractivity contribution in [3.8, 4) is 0 Å². The van der Waals surface area contributed by atoms with Gasteiger partial charge in [-0.25, -0.2) is 0 Å². The van der Waals surface area contributed by atoms with Crippen LogP contribution < -0.4 is 0 Å². The number of esters is 2. The van der Waals surface area contributed by atoms with Crippen LogP contribution >= 0.6 is 0 Å². The van der Waals surface area contributed by atoms with Gasteiger partial charge in [0, 0.05) is 13.3 Å². The summed E-state index contributed by atoms with van der Waals surface area (Å²) in [7, 11) is 0. The van der Waals surface area contributed by atoms with Crippen molar-refractivity contribution in [2.75, 3.05) is 0 Å². The van der Waals surface area contributed by atoms with E-state index in [0.29, 0.717) is 17.8 Å². The van der Waals surface area contributed by atoms with E-state index in [1.54, 1.807) is 0 Å². The van der Waals surface area contributed by atoms with Crippen molar-refractivity contribution >= 4 is 11.9 Å². The minimum atomic E-state index is -0.154. The molecule has 5 aliphatic carbocycles. The van der Waals surface area contributed by atoms with Crippen molar-refractivity contribution < 1.29 is 19.1 Å². The second-order valence-electron chi connectivity index (χ2n) is 12.1. The minimum Gasteiger partial charge on any atom is -0.462 e. The highest BCUT2D eigenvalue weighted by Crippen LogP contribution is 2.66. The lowest BCUT2D eigenvalue weighted by Crippen LogP contribution is -2.51. The van der Waals surface area contributed by atoms with Crippen LogP contribution in [-0.2, 0) is 19.1 Å². The maximum atomic E-state index is 13.3. The number of hydrogen-bond acceptors (Lipinski definition) is 4. The van der Waals surface area contributed by atoms with Gasteiger partial charge in [-0.05, 0) is 99.2 Å². The predicted molar refractivity (Wildman–Crippen MR) is 124 cm³/mol. The van der Waals surface area contributed by atoms with E-state index in [4.69, 9.17) is 9.47 Å². The van der Waals surface area contributed by atoms with E-state index in [9.17, 15) is 9.59 Å². The molecule has 32 heavy (non-hydrogen) atoms. The van der Waals surface area contributed by atoms with Crippen LogP contribution in [0.4, 0.5) is 0 Å². The van der Waals surface area contributed by atoms with E-state index >= 15 is 0 Å². The van der Waals surface area contributed by atoms with Gasteiger partial charge in [0.2, 0.25) is 0 Å². The van der Waals surface area contributed by atoms with E-state index < -0.39 is 0 Å². The molecule has 4 fully saturated rings. The van der Waals surface area contributed by atoms with Gasteiger partial charge in [-0.3, -0.25) is 9.59 Å². The maximum absolute atomic E-state index is 13.3. The Morgan fingerprint density at radius 1 is 0.875 bits per heavy atom. The largest absolute Gasteiger partial charge is 0.462 e. The SMILES string of the molecule is CC(=O)O[C@@H]1CC[C@@]2(C)C(=CC[C@@H]3[C@H]4CC[C@@H](C(=O)OC5CCCCC5)[C@]4(C)CC[C@H]32)C1. The standard InChI is InChI=1S/C28H42O4/c1-18(29)31-21-13-15-27(2)19(17-21)9-10-22-23-11-12-25(28(23,3)16-14-24(22)27)26(30)32-20-7-5-4-6-8-20/h9,20-25H,4-8,10-17H2,1-3H3/t21-,22-,23-,24-,25+,27+,28-/m1/s1. The molecule has 0 aliphatic heterocycles. The molecule has 5 aliphatic rings. The molecule has 4 heteroatoms. The molecule has 4 nitrogen and oxygen atoms in total. The van der Waals surface area contributed by atoms with Crippen molar-refractivity contribution in [2.45, 2.75) is 116 Å². The minimum absolute atomic E-state index is 0.0580. The third kappa shape index (κ3) is 3.74. The Morgan fingerprint density at radius 2 is 1.66 bits per heavy atom. The average molecular weight is 443 g/mol. The highest BCUT2D eigenvalue weighted by molar-refractivity contribution is 5.74. The van der Waals surface area contributed by atoms with Crippen molar-refractivity contribution in [2.24, 2.45) is 34.5 Å². The van der Waals surface area contributed by atoms with Gasteiger partial charge in [-0.2, -0.15) is 0 Å². The summed E-state index contributed by atoms with van der Waals surface area (Å²) in [6, 6.07) is 0. The first-order chi connectivity index (χ1) is 15.3. The van der Waals surface area contributed by atoms with Crippen LogP contribution in [0.1, 0.15) is 104 Å². The van der Waals surface area contributed by atoms with Gasteiger partial charge in [-0.15, -0.1) is 0 Å². The van der Waals surface area contributed by atoms with Gasteiger partial charge >= 0.3 is 11.9 Å². The molecular weight excluding hydrogens is 400 g/mol. The van der Waals surface area contributed by atoms with Crippen LogP contribution in [0.3, 0.4) is 0 Å². The number of allylic oxidation sites excluding steroid dienone is 1. The first-order valence-corrected chi connectivity index (χ1v) is 13.4. The summed E-state index contributed by atoms with van der Waals surface area (Å²) in [6.45, 7) is 6.41. The molecule has 5 rings (SSSR count). The zero-order valence-corrected chi connectivity index (χ0v) is 20.4. The monoisotopic (exact) mass is 442 g/mol. The maximum Gasteiger partial charge on any atom is 0.309 e. The van der Waals surface area contributed by atoms with Crippen LogP contribution in [0, 0.1) is 34.5 Å². The van der Waals surface area contributed by atoms with Crippen LogP contribution in [-0.4, -0.2) is 24.1 Å². The summed E-state index contributed by atoms with van der Waals surface area (Å²) in [4.78, 5) is 24.7. The molecular formula is C28H42O4. The number of fused-ring (bicyclic) bond motifs is 5. The molecule has 0 aromatic heterocycles. The van der Waals surface area contributed by atoms with E-state index in [0.717, 1.165) is 51.4 Å². The molecule has 178 valence electrons. The van der Waals surface area contributed by atoms with Gasteiger partial charge in [0.15, 0.2) is 0 Å². The van der Waals surface area contributed by atoms with Gasteiger partial charge < -0.3 is 9.47 Å². The van der Waals surface area contributed by atoms with Crippen molar-refractivity contribution in [1.82, 2.24) is 0 Å². The molecule has 0 saturated heterocycles. The molecule has 0 unspecified atom stereocenters. The molecule has 0 spiro atoms. The molecule has 4 saturated carbocycles. The summed E-state index contributed by atoms with van der Waals surface area (Å²) >= 11 is 0. The Hall–Kier alpha value is -1.32. The summed E-state index contributed by atoms with van der Waals surface area (Å²) in [5.74, 6) is 2.06. The fourth-order valence-corrected chi connectivity index (χ4v) is 8.78. The fourth-order valence-electron chi connectivity index (χ4n) is 8.78. The first-order valence-electron chi connectivity index (χ1n) is 13.4. The molecule has 7 atom stereocenters. The van der Waals surface area contributed by atoms with Gasteiger partial charge in [0.05, 0.1) is 5.92 Å². The summed E-state index contributed by atoms with van der Waals surface area (Å²) in [5.41, 5.74) is 1.87. The van der Waals surface area contributed by atoms with E-state index in [1.165, 1.54) is 44.6 Å². The summed E-state index contributed by atoms with van der Waals surface area (Å²) < 4.78 is 11.7. The van der Waals surface area contributed by atoms with Crippen LogP contribution in [0.25, 0.3) is 0 Å². The molecule has 0 radical (unpaired) electrons. The van der Waals surface area contributed by atoms with Gasteiger partial charge in [0.25, 0.3) is 0 Å². The zero-order valence-electron chi connectivity index (χ0n) is 20.4. The van der Waals surface area contributed by atoms with Crippen LogP contribution in [0.5, 0.6) is 0 Å². The lowest BCUT2D eigenvalue weighted by atomic mass is 9.47. The Labute approximate surface area is 193 Å². The zero-order chi connectivity index (χ0) is 22.5. The number of hydrogen-bond donors (Lipinski definition) is 0. The number of carbonyl (C=O) groups is 2. The highest BCUT2D eigenvalue weighted by Gasteiger charge is 2.60. The average Bonchev–Trinajstić information content (AvgIpc) is 3.12. The lowest BCUT2D eigenvalue weighted by Gasteiger charge is -2.57. The molecule has 0 aromatic rings. The van der Waals surface area contributed by atoms with Crippen molar-refractivity contribution in [1.29, 1.82) is 0 Å². The molecule has 0 bridgehead atoms. The number of carbonyl (C=O) groups excluding carboxylic acids is 2. The van der Waals surface area contributed by atoms with E-state index in [2.05, 4.69) is 19.9 Å². The molecule has 0 amide bonds. The molecule has 0 aromatic carbocycles. The Bertz CT molecular complexity index is 780. The van der Waals surface area contributed by atoms with Crippen molar-refractivity contribution in [3.05, 3.63) is 11.6 Å². The summed E-state index contributed by atoms with van der Waals surface area (Å²) in [6.07, 6.45) is 17.2. The lowest BCUT2D eigenvalue weighted by molar-refractivity contribution is -0.163. The third-order valence-corrected chi connectivity index (χ3v) is 10.5. The van der Waals surface area contributed by atoms with Crippen LogP contribution in [0.15, 0.2) is 11.6 Å². The predicted octanol–water partition coefficient (Wildman–Crippen LogP) is 6.37. The normalized spacial score (nSPS) is 44.0.